The van der Waals surface area contributed by atoms with E-state index in [0.717, 1.165) is 11.3 Å². The van der Waals surface area contributed by atoms with Gasteiger partial charge in [0, 0.05) is 17.1 Å². The topological polar surface area (TPSA) is 108 Å². The number of nitriles is 2. The molecule has 0 fully saturated rings. The van der Waals surface area contributed by atoms with Crippen molar-refractivity contribution in [3.05, 3.63) is 70.2 Å². The molecule has 0 spiro atoms. The van der Waals surface area contributed by atoms with Gasteiger partial charge in [0.2, 0.25) is 0 Å². The number of ether oxygens (including phenoxy) is 1. The van der Waals surface area contributed by atoms with Crippen LogP contribution in [-0.4, -0.2) is 12.1 Å². The van der Waals surface area contributed by atoms with Crippen LogP contribution in [0.4, 0.5) is 11.6 Å². The van der Waals surface area contributed by atoms with Crippen LogP contribution in [0.5, 0.6) is 5.75 Å². The van der Waals surface area contributed by atoms with Gasteiger partial charge >= 0.3 is 0 Å². The molecule has 1 aromatic heterocycles. The molecule has 0 aliphatic heterocycles. The number of methoxy groups -OCH3 is 1. The number of hydrogen-bond acceptors (Lipinski definition) is 6. The number of nitrogens with one attached hydrogen (secondary N) is 1. The lowest BCUT2D eigenvalue weighted by Gasteiger charge is -2.15. The lowest BCUT2D eigenvalue weighted by molar-refractivity contribution is 0.414. The summed E-state index contributed by atoms with van der Waals surface area (Å²) in [6.45, 7) is 0.423. The fourth-order valence-electron chi connectivity index (χ4n) is 2.82. The van der Waals surface area contributed by atoms with E-state index in [1.165, 1.54) is 0 Å². The molecule has 7 heteroatoms. The van der Waals surface area contributed by atoms with E-state index in [2.05, 4.69) is 16.4 Å². The van der Waals surface area contributed by atoms with Crippen molar-refractivity contribution in [2.24, 2.45) is 0 Å². The first-order valence-corrected chi connectivity index (χ1v) is 8.71. The zero-order chi connectivity index (χ0) is 20.1. The van der Waals surface area contributed by atoms with Gasteiger partial charge in [0.25, 0.3) is 0 Å². The van der Waals surface area contributed by atoms with Crippen LogP contribution in [0.3, 0.4) is 0 Å². The van der Waals surface area contributed by atoms with E-state index in [-0.39, 0.29) is 16.9 Å². The molecule has 3 aromatic rings. The Hall–Kier alpha value is -3.74. The highest BCUT2D eigenvalue weighted by Crippen LogP contribution is 2.35. The molecule has 0 aliphatic rings. The largest absolute Gasteiger partial charge is 0.497 e. The quantitative estimate of drug-likeness (QED) is 0.671. The molecular formula is C21H16ClN5O. The second-order valence-electron chi connectivity index (χ2n) is 5.91. The molecule has 1 heterocycles. The van der Waals surface area contributed by atoms with E-state index >= 15 is 0 Å². The van der Waals surface area contributed by atoms with E-state index in [4.69, 9.17) is 22.1 Å². The Labute approximate surface area is 167 Å². The summed E-state index contributed by atoms with van der Waals surface area (Å²) in [6, 6.07) is 18.6. The first-order valence-electron chi connectivity index (χ1n) is 8.33. The lowest BCUT2D eigenvalue weighted by Crippen LogP contribution is -2.09. The SMILES string of the molecule is COc1ccc(CNc2nc(N)c(C#N)c(-c3cccc(Cl)c3)c2C#N)cc1. The average molecular weight is 390 g/mol. The van der Waals surface area contributed by atoms with Gasteiger partial charge in [-0.15, -0.1) is 0 Å². The molecule has 28 heavy (non-hydrogen) atoms. The maximum absolute atomic E-state index is 9.78. The molecule has 0 radical (unpaired) electrons. The Morgan fingerprint density at radius 2 is 1.82 bits per heavy atom. The van der Waals surface area contributed by atoms with Crippen molar-refractivity contribution < 1.29 is 4.74 Å². The highest BCUT2D eigenvalue weighted by molar-refractivity contribution is 6.30. The zero-order valence-corrected chi connectivity index (χ0v) is 15.8. The third-order valence-electron chi connectivity index (χ3n) is 4.18. The van der Waals surface area contributed by atoms with E-state index < -0.39 is 0 Å². The summed E-state index contributed by atoms with van der Waals surface area (Å²) < 4.78 is 5.15. The van der Waals surface area contributed by atoms with Crippen LogP contribution in [-0.2, 0) is 6.54 Å². The monoisotopic (exact) mass is 389 g/mol. The molecule has 3 N–H and O–H groups in total. The summed E-state index contributed by atoms with van der Waals surface area (Å²) in [4.78, 5) is 4.24. The third-order valence-corrected chi connectivity index (χ3v) is 4.42. The summed E-state index contributed by atoms with van der Waals surface area (Å²) in [5.41, 5.74) is 8.40. The zero-order valence-electron chi connectivity index (χ0n) is 15.0. The summed E-state index contributed by atoms with van der Waals surface area (Å²) in [5.74, 6) is 1.11. The minimum atomic E-state index is 0.0497. The van der Waals surface area contributed by atoms with E-state index in [9.17, 15) is 10.5 Å². The van der Waals surface area contributed by atoms with Crippen molar-refractivity contribution in [1.82, 2.24) is 4.98 Å². The van der Waals surface area contributed by atoms with Crippen LogP contribution in [0.25, 0.3) is 11.1 Å². The Morgan fingerprint density at radius 1 is 1.11 bits per heavy atom. The maximum atomic E-state index is 9.78. The molecular weight excluding hydrogens is 374 g/mol. The third kappa shape index (κ3) is 3.83. The van der Waals surface area contributed by atoms with Crippen LogP contribution in [0.2, 0.25) is 5.02 Å². The number of rotatable bonds is 5. The van der Waals surface area contributed by atoms with Crippen LogP contribution in [0.1, 0.15) is 16.7 Å². The second kappa shape index (κ2) is 8.30. The minimum absolute atomic E-state index is 0.0497. The second-order valence-corrected chi connectivity index (χ2v) is 6.34. The molecule has 3 rings (SSSR count). The van der Waals surface area contributed by atoms with Crippen LogP contribution in [0.15, 0.2) is 48.5 Å². The summed E-state index contributed by atoms with van der Waals surface area (Å²) in [5, 5.41) is 23.0. The van der Waals surface area contributed by atoms with Crippen molar-refractivity contribution in [3.63, 3.8) is 0 Å². The fraction of sp³-hybridized carbons (Fsp3) is 0.0952. The van der Waals surface area contributed by atoms with Gasteiger partial charge in [-0.3, -0.25) is 0 Å². The average Bonchev–Trinajstić information content (AvgIpc) is 2.72. The molecule has 0 saturated heterocycles. The van der Waals surface area contributed by atoms with Gasteiger partial charge in [-0.25, -0.2) is 4.98 Å². The van der Waals surface area contributed by atoms with Crippen molar-refractivity contribution >= 4 is 23.2 Å². The first kappa shape index (κ1) is 19.0. The number of nitrogens with two attached hydrogens (primary N) is 1. The van der Waals surface area contributed by atoms with Gasteiger partial charge in [-0.1, -0.05) is 35.9 Å². The maximum Gasteiger partial charge on any atom is 0.147 e. The lowest BCUT2D eigenvalue weighted by atomic mass is 9.96. The predicted molar refractivity (Wildman–Crippen MR) is 109 cm³/mol. The Balaban J connectivity index is 2.04. The van der Waals surface area contributed by atoms with Crippen LogP contribution in [0, 0.1) is 22.7 Å². The molecule has 0 saturated carbocycles. The Kier molecular flexibility index (Phi) is 5.64. The number of nitrogens with zero attached hydrogens (tertiary/aromatic N) is 3. The molecule has 2 aromatic carbocycles. The summed E-state index contributed by atoms with van der Waals surface area (Å²) >= 11 is 6.09. The van der Waals surface area contributed by atoms with Crippen LogP contribution < -0.4 is 15.8 Å². The van der Waals surface area contributed by atoms with Crippen LogP contribution >= 0.6 is 11.6 Å². The Morgan fingerprint density at radius 3 is 2.43 bits per heavy atom. The minimum Gasteiger partial charge on any atom is -0.497 e. The first-order chi connectivity index (χ1) is 13.6. The van der Waals surface area contributed by atoms with Gasteiger partial charge < -0.3 is 15.8 Å². The van der Waals surface area contributed by atoms with Crippen molar-refractivity contribution in [3.8, 4) is 29.0 Å². The number of aromatic nitrogens is 1. The van der Waals surface area contributed by atoms with Crippen molar-refractivity contribution in [1.29, 1.82) is 10.5 Å². The molecule has 138 valence electrons. The van der Waals surface area contributed by atoms with E-state index in [1.807, 2.05) is 30.3 Å². The number of nitrogen functional groups attached to an aromatic ring is 1. The van der Waals surface area contributed by atoms with Gasteiger partial charge in [-0.2, -0.15) is 10.5 Å². The number of anilines is 2. The normalized spacial score (nSPS) is 10.0. The van der Waals surface area contributed by atoms with Crippen molar-refractivity contribution in [2.75, 3.05) is 18.2 Å². The van der Waals surface area contributed by atoms with Gasteiger partial charge in [0.15, 0.2) is 0 Å². The van der Waals surface area contributed by atoms with Gasteiger partial charge in [-0.05, 0) is 35.4 Å². The number of halogens is 1. The summed E-state index contributed by atoms with van der Waals surface area (Å²) in [7, 11) is 1.60. The highest BCUT2D eigenvalue weighted by atomic mass is 35.5. The number of pyridine rings is 1. The van der Waals surface area contributed by atoms with Gasteiger partial charge in [0.05, 0.1) is 7.11 Å². The van der Waals surface area contributed by atoms with Gasteiger partial charge in [0.1, 0.15) is 40.7 Å². The smallest absolute Gasteiger partial charge is 0.147 e. The number of benzene rings is 2. The van der Waals surface area contributed by atoms with E-state index in [0.29, 0.717) is 28.5 Å². The molecule has 0 aliphatic carbocycles. The highest BCUT2D eigenvalue weighted by Gasteiger charge is 2.20. The number of hydrogen-bond donors (Lipinski definition) is 2. The molecule has 0 bridgehead atoms. The molecule has 0 unspecified atom stereocenters. The molecule has 6 nitrogen and oxygen atoms in total. The summed E-state index contributed by atoms with van der Waals surface area (Å²) in [6.07, 6.45) is 0. The molecule has 0 amide bonds. The molecule has 0 atom stereocenters. The fourth-order valence-corrected chi connectivity index (χ4v) is 3.01. The standard InChI is InChI=1S/C21H16ClN5O/c1-28-16-7-5-13(6-8-16)12-26-21-18(11-24)19(17(10-23)20(25)27-21)14-3-2-4-15(22)9-14/h2-9H,12H2,1H3,(H3,25,26,27). The van der Waals surface area contributed by atoms with Crippen molar-refractivity contribution in [2.45, 2.75) is 6.54 Å². The van der Waals surface area contributed by atoms with E-state index in [1.54, 1.807) is 31.4 Å². The Bertz CT molecular complexity index is 1100. The predicted octanol–water partition coefficient (Wildman–Crippen LogP) is 4.35.